The van der Waals surface area contributed by atoms with Gasteiger partial charge < -0.3 is 19.9 Å². The Morgan fingerprint density at radius 2 is 1.93 bits per heavy atom. The van der Waals surface area contributed by atoms with Gasteiger partial charge in [0.1, 0.15) is 5.75 Å². The largest absolute Gasteiger partial charge is 0.491 e. The number of hydrogen-bond acceptors (Lipinski definition) is 5. The van der Waals surface area contributed by atoms with Crippen molar-refractivity contribution in [3.8, 4) is 5.75 Å². The maximum Gasteiger partial charge on any atom is 0.309 e. The van der Waals surface area contributed by atoms with Crippen LogP contribution in [0.1, 0.15) is 55.4 Å². The van der Waals surface area contributed by atoms with E-state index in [9.17, 15) is 9.90 Å². The van der Waals surface area contributed by atoms with Crippen molar-refractivity contribution in [2.45, 2.75) is 51.6 Å². The summed E-state index contributed by atoms with van der Waals surface area (Å²) in [5.41, 5.74) is 4.22. The first-order valence-corrected chi connectivity index (χ1v) is 11.1. The van der Waals surface area contributed by atoms with Gasteiger partial charge in [0.15, 0.2) is 0 Å². The molecule has 0 spiro atoms. The second-order valence-corrected chi connectivity index (χ2v) is 7.97. The van der Waals surface area contributed by atoms with Gasteiger partial charge in [-0.1, -0.05) is 30.2 Å². The van der Waals surface area contributed by atoms with Gasteiger partial charge in [0.25, 0.3) is 0 Å². The number of ether oxygens (including phenoxy) is 2. The van der Waals surface area contributed by atoms with E-state index in [1.54, 1.807) is 19.1 Å². The molecule has 162 valence electrons. The highest BCUT2D eigenvalue weighted by Crippen LogP contribution is 2.33. The Labute approximate surface area is 183 Å². The van der Waals surface area contributed by atoms with Gasteiger partial charge in [-0.2, -0.15) is 0 Å². The normalized spacial score (nSPS) is 14.4. The first-order valence-electron chi connectivity index (χ1n) is 10.7. The van der Waals surface area contributed by atoms with E-state index in [4.69, 9.17) is 21.1 Å². The van der Waals surface area contributed by atoms with Gasteiger partial charge in [-0.25, -0.2) is 0 Å². The Balaban J connectivity index is 1.73. The van der Waals surface area contributed by atoms with Crippen LogP contribution >= 0.6 is 11.6 Å². The number of fused-ring (bicyclic) bond motifs is 1. The number of anilines is 1. The zero-order valence-corrected chi connectivity index (χ0v) is 18.2. The molecule has 0 fully saturated rings. The number of aliphatic hydroxyl groups is 1. The van der Waals surface area contributed by atoms with Gasteiger partial charge in [0.05, 0.1) is 31.4 Å². The van der Waals surface area contributed by atoms with E-state index < -0.39 is 6.10 Å². The zero-order valence-electron chi connectivity index (χ0n) is 17.5. The van der Waals surface area contributed by atoms with E-state index in [2.05, 4.69) is 17.4 Å². The molecule has 0 aromatic heterocycles. The maximum atomic E-state index is 11.6. The molecule has 0 heterocycles. The van der Waals surface area contributed by atoms with Crippen molar-refractivity contribution in [1.82, 2.24) is 0 Å². The van der Waals surface area contributed by atoms with E-state index in [1.807, 2.05) is 12.1 Å². The van der Waals surface area contributed by atoms with Crippen molar-refractivity contribution in [2.24, 2.45) is 0 Å². The van der Waals surface area contributed by atoms with Crippen LogP contribution in [0, 0.1) is 0 Å². The molecule has 0 radical (unpaired) electrons. The molecule has 5 nitrogen and oxygen atoms in total. The molecule has 2 aromatic carbocycles. The first-order chi connectivity index (χ1) is 14.6. The monoisotopic (exact) mass is 431 g/mol. The smallest absolute Gasteiger partial charge is 0.309 e. The lowest BCUT2D eigenvalue weighted by Gasteiger charge is -2.19. The Morgan fingerprint density at radius 1 is 1.17 bits per heavy atom. The number of carbonyl (C=O) groups is 1. The molecule has 2 aromatic rings. The van der Waals surface area contributed by atoms with Crippen LogP contribution < -0.4 is 10.1 Å². The molecule has 1 atom stereocenters. The molecular weight excluding hydrogens is 402 g/mol. The number of carbonyl (C=O) groups excluding carboxylic acids is 1. The second-order valence-electron chi connectivity index (χ2n) is 7.53. The van der Waals surface area contributed by atoms with Crippen molar-refractivity contribution in [1.29, 1.82) is 0 Å². The third-order valence-corrected chi connectivity index (χ3v) is 5.52. The molecule has 0 unspecified atom stereocenters. The molecule has 30 heavy (non-hydrogen) atoms. The maximum absolute atomic E-state index is 11.6. The highest BCUT2D eigenvalue weighted by molar-refractivity contribution is 6.30. The SMILES string of the molecule is CCOC(=O)CCOc1cc2c(cc1NC[C@H](O)c1cccc(Cl)c1)CCCCC2. The van der Waals surface area contributed by atoms with E-state index in [1.165, 1.54) is 30.4 Å². The van der Waals surface area contributed by atoms with Crippen LogP contribution in [0.25, 0.3) is 0 Å². The number of rotatable bonds is 9. The first kappa shape index (κ1) is 22.4. The van der Waals surface area contributed by atoms with Crippen LogP contribution in [-0.4, -0.2) is 30.8 Å². The number of halogens is 1. The highest BCUT2D eigenvalue weighted by atomic mass is 35.5. The molecule has 6 heteroatoms. The number of hydrogen-bond donors (Lipinski definition) is 2. The zero-order chi connectivity index (χ0) is 21.3. The van der Waals surface area contributed by atoms with Gasteiger partial charge in [-0.05, 0) is 73.6 Å². The van der Waals surface area contributed by atoms with E-state index in [-0.39, 0.29) is 19.0 Å². The number of esters is 1. The van der Waals surface area contributed by atoms with E-state index in [0.29, 0.717) is 23.9 Å². The molecule has 2 N–H and O–H groups in total. The van der Waals surface area contributed by atoms with Crippen LogP contribution in [0.2, 0.25) is 5.02 Å². The third-order valence-electron chi connectivity index (χ3n) is 5.28. The van der Waals surface area contributed by atoms with Crippen molar-refractivity contribution < 1.29 is 19.4 Å². The summed E-state index contributed by atoms with van der Waals surface area (Å²) in [5.74, 6) is 0.441. The van der Waals surface area contributed by atoms with Crippen LogP contribution in [0.15, 0.2) is 36.4 Å². The molecule has 0 amide bonds. The van der Waals surface area contributed by atoms with Crippen LogP contribution in [0.5, 0.6) is 5.75 Å². The lowest BCUT2D eigenvalue weighted by Crippen LogP contribution is -2.14. The number of aryl methyl sites for hydroxylation is 2. The molecule has 1 aliphatic carbocycles. The lowest BCUT2D eigenvalue weighted by molar-refractivity contribution is -0.143. The van der Waals surface area contributed by atoms with Gasteiger partial charge >= 0.3 is 5.97 Å². The van der Waals surface area contributed by atoms with Crippen molar-refractivity contribution >= 4 is 23.3 Å². The predicted octanol–water partition coefficient (Wildman–Crippen LogP) is 5.09. The summed E-state index contributed by atoms with van der Waals surface area (Å²) in [6, 6.07) is 11.4. The average Bonchev–Trinajstić information content (AvgIpc) is 2.96. The van der Waals surface area contributed by atoms with E-state index in [0.717, 1.165) is 24.1 Å². The Kier molecular flexibility index (Phi) is 8.40. The van der Waals surface area contributed by atoms with Crippen LogP contribution in [0.4, 0.5) is 5.69 Å². The third kappa shape index (κ3) is 6.38. The molecule has 0 saturated heterocycles. The number of benzene rings is 2. The van der Waals surface area contributed by atoms with Crippen LogP contribution in [0.3, 0.4) is 0 Å². The fourth-order valence-electron chi connectivity index (χ4n) is 3.71. The van der Waals surface area contributed by atoms with Gasteiger partial charge in [-0.15, -0.1) is 0 Å². The molecule has 0 bridgehead atoms. The molecule has 0 aliphatic heterocycles. The molecule has 0 saturated carbocycles. The minimum atomic E-state index is -0.699. The van der Waals surface area contributed by atoms with Crippen molar-refractivity contribution in [2.75, 3.05) is 25.1 Å². The predicted molar refractivity (Wildman–Crippen MR) is 119 cm³/mol. The summed E-state index contributed by atoms with van der Waals surface area (Å²) in [4.78, 5) is 11.6. The quantitative estimate of drug-likeness (QED) is 0.427. The lowest BCUT2D eigenvalue weighted by atomic mass is 10.0. The Hall–Kier alpha value is -2.24. The summed E-state index contributed by atoms with van der Waals surface area (Å²) in [5, 5.41) is 14.5. The molecule has 1 aliphatic rings. The second kappa shape index (κ2) is 11.2. The summed E-state index contributed by atoms with van der Waals surface area (Å²) < 4.78 is 10.9. The fourth-order valence-corrected chi connectivity index (χ4v) is 3.91. The fraction of sp³-hybridized carbons (Fsp3) is 0.458. The topological polar surface area (TPSA) is 67.8 Å². The highest BCUT2D eigenvalue weighted by Gasteiger charge is 2.16. The Bertz CT molecular complexity index is 855. The summed E-state index contributed by atoms with van der Waals surface area (Å²) in [7, 11) is 0. The van der Waals surface area contributed by atoms with Crippen molar-refractivity contribution in [3.63, 3.8) is 0 Å². The minimum Gasteiger partial charge on any atom is -0.491 e. The minimum absolute atomic E-state index is 0.204. The molecular formula is C24H30ClNO4. The summed E-state index contributed by atoms with van der Waals surface area (Å²) in [6.07, 6.45) is 5.17. The number of aliphatic hydroxyl groups excluding tert-OH is 1. The van der Waals surface area contributed by atoms with Crippen LogP contribution in [-0.2, 0) is 22.4 Å². The van der Waals surface area contributed by atoms with Gasteiger partial charge in [-0.3, -0.25) is 4.79 Å². The Morgan fingerprint density at radius 3 is 2.67 bits per heavy atom. The molecule has 3 rings (SSSR count). The van der Waals surface area contributed by atoms with Gasteiger partial charge in [0, 0.05) is 11.6 Å². The van der Waals surface area contributed by atoms with E-state index >= 15 is 0 Å². The van der Waals surface area contributed by atoms with Gasteiger partial charge in [0.2, 0.25) is 0 Å². The summed E-state index contributed by atoms with van der Waals surface area (Å²) in [6.45, 7) is 2.74. The van der Waals surface area contributed by atoms with Crippen molar-refractivity contribution in [3.05, 3.63) is 58.1 Å². The average molecular weight is 432 g/mol. The number of nitrogens with one attached hydrogen (secondary N) is 1. The standard InChI is InChI=1S/C24H30ClNO4/c1-2-29-24(28)11-12-30-23-15-18-8-5-3-4-7-17(18)14-21(23)26-16-22(27)19-9-6-10-20(25)13-19/h6,9-10,13-15,22,26-27H,2-5,7-8,11-12,16H2,1H3/t22-/m0/s1. The summed E-state index contributed by atoms with van der Waals surface area (Å²) >= 11 is 6.04.